The van der Waals surface area contributed by atoms with Gasteiger partial charge in [-0.1, -0.05) is 11.8 Å². The van der Waals surface area contributed by atoms with Crippen LogP contribution in [0.5, 0.6) is 0 Å². The molecule has 3 heteroatoms. The summed E-state index contributed by atoms with van der Waals surface area (Å²) < 4.78 is 4.48. The minimum atomic E-state index is -0.209. The van der Waals surface area contributed by atoms with E-state index in [-0.39, 0.29) is 5.97 Å². The Kier molecular flexibility index (Phi) is 4.07. The van der Waals surface area contributed by atoms with Gasteiger partial charge in [0.25, 0.3) is 0 Å². The highest BCUT2D eigenvalue weighted by molar-refractivity contribution is 7.08. The third-order valence-corrected chi connectivity index (χ3v) is 2.12. The second kappa shape index (κ2) is 5.39. The lowest BCUT2D eigenvalue weighted by molar-refractivity contribution is -0.140. The molecule has 1 aromatic rings. The summed E-state index contributed by atoms with van der Waals surface area (Å²) in [5.41, 5.74) is 1.01. The molecule has 0 N–H and O–H groups in total. The number of thiophene rings is 1. The first-order chi connectivity index (χ1) is 6.33. The molecule has 0 saturated heterocycles. The Morgan fingerprint density at radius 3 is 3.15 bits per heavy atom. The first-order valence-electron chi connectivity index (χ1n) is 3.91. The van der Waals surface area contributed by atoms with Crippen molar-refractivity contribution in [2.45, 2.75) is 12.8 Å². The summed E-state index contributed by atoms with van der Waals surface area (Å²) >= 11 is 1.61. The van der Waals surface area contributed by atoms with Crippen LogP contribution in [0.2, 0.25) is 0 Å². The molecule has 0 aromatic carbocycles. The Hall–Kier alpha value is -1.27. The van der Waals surface area contributed by atoms with Crippen molar-refractivity contribution in [1.29, 1.82) is 0 Å². The van der Waals surface area contributed by atoms with E-state index in [1.807, 2.05) is 16.8 Å². The lowest BCUT2D eigenvalue weighted by atomic mass is 10.3. The number of hydrogen-bond donors (Lipinski definition) is 0. The van der Waals surface area contributed by atoms with Crippen molar-refractivity contribution >= 4 is 17.3 Å². The average molecular weight is 194 g/mol. The summed E-state index contributed by atoms with van der Waals surface area (Å²) in [7, 11) is 1.38. The Balaban J connectivity index is 2.30. The van der Waals surface area contributed by atoms with Crippen molar-refractivity contribution in [3.05, 3.63) is 22.4 Å². The van der Waals surface area contributed by atoms with Gasteiger partial charge in [0, 0.05) is 17.4 Å². The number of hydrogen-bond acceptors (Lipinski definition) is 3. The molecule has 1 aromatic heterocycles. The maximum atomic E-state index is 10.7. The zero-order valence-corrected chi connectivity index (χ0v) is 8.19. The molecule has 0 aliphatic rings. The van der Waals surface area contributed by atoms with Crippen LogP contribution < -0.4 is 0 Å². The largest absolute Gasteiger partial charge is 0.469 e. The second-order valence-corrected chi connectivity index (χ2v) is 3.17. The lowest BCUT2D eigenvalue weighted by Gasteiger charge is -1.91. The van der Waals surface area contributed by atoms with E-state index < -0.39 is 0 Å². The Labute approximate surface area is 81.5 Å². The molecule has 0 amide bonds. The number of carbonyl (C=O) groups is 1. The molecule has 0 atom stereocenters. The predicted octanol–water partition coefficient (Wildman–Crippen LogP) is 2.05. The van der Waals surface area contributed by atoms with Gasteiger partial charge in [-0.3, -0.25) is 4.79 Å². The van der Waals surface area contributed by atoms with E-state index in [1.165, 1.54) is 7.11 Å². The maximum absolute atomic E-state index is 10.7. The molecule has 0 unspecified atom stereocenters. The molecule has 13 heavy (non-hydrogen) atoms. The van der Waals surface area contributed by atoms with E-state index >= 15 is 0 Å². The molecule has 0 aliphatic heterocycles. The first-order valence-corrected chi connectivity index (χ1v) is 4.85. The van der Waals surface area contributed by atoms with E-state index in [4.69, 9.17) is 0 Å². The molecule has 0 aliphatic carbocycles. The topological polar surface area (TPSA) is 26.3 Å². The van der Waals surface area contributed by atoms with E-state index in [9.17, 15) is 4.79 Å². The van der Waals surface area contributed by atoms with Crippen molar-refractivity contribution < 1.29 is 9.53 Å². The number of esters is 1. The zero-order chi connectivity index (χ0) is 9.52. The fraction of sp³-hybridized carbons (Fsp3) is 0.300. The van der Waals surface area contributed by atoms with Crippen LogP contribution in [0.4, 0.5) is 0 Å². The summed E-state index contributed by atoms with van der Waals surface area (Å²) in [5.74, 6) is 5.66. The third-order valence-electron chi connectivity index (χ3n) is 1.44. The minimum absolute atomic E-state index is 0.209. The van der Waals surface area contributed by atoms with Gasteiger partial charge in [0.05, 0.1) is 13.5 Å². The predicted molar refractivity (Wildman–Crippen MR) is 52.4 cm³/mol. The fourth-order valence-electron chi connectivity index (χ4n) is 0.767. The van der Waals surface area contributed by atoms with E-state index in [1.54, 1.807) is 11.3 Å². The Morgan fingerprint density at radius 1 is 1.69 bits per heavy atom. The third kappa shape index (κ3) is 3.77. The van der Waals surface area contributed by atoms with E-state index in [0.29, 0.717) is 12.8 Å². The summed E-state index contributed by atoms with van der Waals surface area (Å²) in [6, 6.07) is 1.95. The van der Waals surface area contributed by atoms with Crippen LogP contribution in [0, 0.1) is 11.8 Å². The van der Waals surface area contributed by atoms with Crippen LogP contribution in [-0.4, -0.2) is 13.1 Å². The van der Waals surface area contributed by atoms with Gasteiger partial charge in [0.15, 0.2) is 0 Å². The van der Waals surface area contributed by atoms with Gasteiger partial charge in [0.2, 0.25) is 0 Å². The Morgan fingerprint density at radius 2 is 2.54 bits per heavy atom. The van der Waals surface area contributed by atoms with Gasteiger partial charge in [-0.15, -0.1) is 0 Å². The van der Waals surface area contributed by atoms with E-state index in [2.05, 4.69) is 16.6 Å². The van der Waals surface area contributed by atoms with Crippen LogP contribution in [-0.2, 0) is 9.53 Å². The average Bonchev–Trinajstić information content (AvgIpc) is 2.64. The van der Waals surface area contributed by atoms with E-state index in [0.717, 1.165) is 5.56 Å². The summed E-state index contributed by atoms with van der Waals surface area (Å²) in [5, 5.41) is 3.95. The van der Waals surface area contributed by atoms with Crippen molar-refractivity contribution in [3.8, 4) is 11.8 Å². The fourth-order valence-corrected chi connectivity index (χ4v) is 1.35. The molecular weight excluding hydrogens is 184 g/mol. The normalized spacial score (nSPS) is 8.69. The maximum Gasteiger partial charge on any atom is 0.306 e. The molecule has 0 spiro atoms. The van der Waals surface area contributed by atoms with Gasteiger partial charge in [-0.05, 0) is 11.4 Å². The first kappa shape index (κ1) is 9.82. The van der Waals surface area contributed by atoms with Crippen molar-refractivity contribution in [1.82, 2.24) is 0 Å². The van der Waals surface area contributed by atoms with Crippen LogP contribution in [0.15, 0.2) is 16.8 Å². The number of carbonyl (C=O) groups excluding carboxylic acids is 1. The number of rotatable bonds is 2. The lowest BCUT2D eigenvalue weighted by Crippen LogP contribution is -1.98. The molecule has 0 bridgehead atoms. The molecule has 0 saturated carbocycles. The van der Waals surface area contributed by atoms with Crippen molar-refractivity contribution in [2.75, 3.05) is 7.11 Å². The summed E-state index contributed by atoms with van der Waals surface area (Å²) in [4.78, 5) is 10.7. The molecule has 1 heterocycles. The van der Waals surface area contributed by atoms with Crippen molar-refractivity contribution in [2.24, 2.45) is 0 Å². The summed E-state index contributed by atoms with van der Waals surface area (Å²) in [6.45, 7) is 0. The van der Waals surface area contributed by atoms with Gasteiger partial charge < -0.3 is 4.74 Å². The van der Waals surface area contributed by atoms with Crippen LogP contribution in [0.25, 0.3) is 0 Å². The number of methoxy groups -OCH3 is 1. The molecule has 0 fully saturated rings. The van der Waals surface area contributed by atoms with Gasteiger partial charge in [-0.2, -0.15) is 11.3 Å². The second-order valence-electron chi connectivity index (χ2n) is 2.39. The highest BCUT2D eigenvalue weighted by Gasteiger charge is 1.95. The monoisotopic (exact) mass is 194 g/mol. The molecular formula is C10H10O2S. The van der Waals surface area contributed by atoms with Gasteiger partial charge >= 0.3 is 5.97 Å². The smallest absolute Gasteiger partial charge is 0.306 e. The molecule has 68 valence electrons. The highest BCUT2D eigenvalue weighted by Crippen LogP contribution is 2.03. The highest BCUT2D eigenvalue weighted by atomic mass is 32.1. The molecule has 0 radical (unpaired) electrons. The Bertz CT molecular complexity index is 316. The minimum Gasteiger partial charge on any atom is -0.469 e. The SMILES string of the molecule is COC(=O)CCC#Cc1ccsc1. The van der Waals surface area contributed by atoms with Crippen LogP contribution in [0.3, 0.4) is 0 Å². The number of ether oxygens (including phenoxy) is 1. The van der Waals surface area contributed by atoms with Crippen molar-refractivity contribution in [3.63, 3.8) is 0 Å². The summed E-state index contributed by atoms with van der Waals surface area (Å²) in [6.07, 6.45) is 0.927. The zero-order valence-electron chi connectivity index (χ0n) is 7.37. The molecule has 1 rings (SSSR count). The standard InChI is InChI=1S/C10H10O2S/c1-12-10(11)5-3-2-4-9-6-7-13-8-9/h6-8H,3,5H2,1H3. The van der Waals surface area contributed by atoms with Gasteiger partial charge in [0.1, 0.15) is 0 Å². The van der Waals surface area contributed by atoms with Crippen LogP contribution in [0.1, 0.15) is 18.4 Å². The quantitative estimate of drug-likeness (QED) is 0.532. The molecule has 2 nitrogen and oxygen atoms in total. The van der Waals surface area contributed by atoms with Crippen LogP contribution >= 0.6 is 11.3 Å². The van der Waals surface area contributed by atoms with Gasteiger partial charge in [-0.25, -0.2) is 0 Å².